The van der Waals surface area contributed by atoms with Crippen molar-refractivity contribution in [3.63, 3.8) is 0 Å². The van der Waals surface area contributed by atoms with Crippen molar-refractivity contribution in [2.24, 2.45) is 5.73 Å². The molecular formula is C7H10Cl2N4O. The number of carbonyl (C=O) groups excluding carboxylic acids is 1. The second-order valence-electron chi connectivity index (χ2n) is 2.70. The van der Waals surface area contributed by atoms with E-state index in [0.717, 1.165) is 5.56 Å². The first-order valence-corrected chi connectivity index (χ1v) is 3.62. The highest BCUT2D eigenvalue weighted by Crippen LogP contribution is 2.16. The fourth-order valence-electron chi connectivity index (χ4n) is 1.16. The number of hydrogen-bond donors (Lipinski definition) is 2. The van der Waals surface area contributed by atoms with Gasteiger partial charge in [-0.2, -0.15) is 0 Å². The van der Waals surface area contributed by atoms with Crippen molar-refractivity contribution in [3.8, 4) is 0 Å². The van der Waals surface area contributed by atoms with Crippen LogP contribution in [0.2, 0.25) is 0 Å². The van der Waals surface area contributed by atoms with Crippen LogP contribution in [0, 0.1) is 0 Å². The Morgan fingerprint density at radius 3 is 2.93 bits per heavy atom. The summed E-state index contributed by atoms with van der Waals surface area (Å²) in [5.41, 5.74) is 6.42. The van der Waals surface area contributed by atoms with Gasteiger partial charge in [-0.15, -0.1) is 24.8 Å². The van der Waals surface area contributed by atoms with E-state index in [1.54, 1.807) is 6.20 Å². The van der Waals surface area contributed by atoms with Gasteiger partial charge in [0.25, 0.3) is 0 Å². The molecule has 14 heavy (non-hydrogen) atoms. The van der Waals surface area contributed by atoms with E-state index in [9.17, 15) is 4.79 Å². The predicted molar refractivity (Wildman–Crippen MR) is 56.8 cm³/mol. The van der Waals surface area contributed by atoms with Crippen LogP contribution in [0.15, 0.2) is 12.5 Å². The zero-order valence-corrected chi connectivity index (χ0v) is 8.77. The summed E-state index contributed by atoms with van der Waals surface area (Å²) in [6, 6.07) is -0.469. The molecule has 2 rings (SSSR count). The Morgan fingerprint density at radius 2 is 2.21 bits per heavy atom. The summed E-state index contributed by atoms with van der Waals surface area (Å²) in [4.78, 5) is 18.8. The third kappa shape index (κ3) is 2.31. The molecule has 1 aromatic heterocycles. The van der Waals surface area contributed by atoms with E-state index < -0.39 is 6.04 Å². The second kappa shape index (κ2) is 5.09. The number of halogens is 2. The third-order valence-electron chi connectivity index (χ3n) is 1.81. The highest BCUT2D eigenvalue weighted by Gasteiger charge is 2.23. The zero-order valence-electron chi connectivity index (χ0n) is 7.14. The number of hydrogen-bond acceptors (Lipinski definition) is 4. The van der Waals surface area contributed by atoms with E-state index in [2.05, 4.69) is 15.3 Å². The standard InChI is InChI=1S/C7H8N4O.2ClH/c8-5-1-4-2-9-3-10-6(4)11-7(5)12;;/h2-3,5H,1,8H2,(H,9,10,11,12);2*1H. The van der Waals surface area contributed by atoms with Gasteiger partial charge in [-0.3, -0.25) is 4.79 Å². The average molecular weight is 237 g/mol. The lowest BCUT2D eigenvalue weighted by atomic mass is 10.0. The molecule has 0 spiro atoms. The minimum atomic E-state index is -0.469. The molecule has 0 saturated heterocycles. The van der Waals surface area contributed by atoms with Crippen molar-refractivity contribution in [2.45, 2.75) is 12.5 Å². The summed E-state index contributed by atoms with van der Waals surface area (Å²) in [6.45, 7) is 0. The first-order chi connectivity index (χ1) is 5.77. The molecule has 1 aliphatic rings. The molecule has 1 aromatic rings. The topological polar surface area (TPSA) is 80.9 Å². The Morgan fingerprint density at radius 1 is 1.50 bits per heavy atom. The highest BCUT2D eigenvalue weighted by molar-refractivity contribution is 5.96. The van der Waals surface area contributed by atoms with Gasteiger partial charge in [0.1, 0.15) is 12.1 Å². The molecule has 1 atom stereocenters. The Balaban J connectivity index is 0.000000845. The van der Waals surface area contributed by atoms with Gasteiger partial charge in [-0.25, -0.2) is 9.97 Å². The molecule has 1 aliphatic heterocycles. The maximum atomic E-state index is 11.1. The first kappa shape index (κ1) is 13.1. The number of carbonyl (C=O) groups is 1. The number of anilines is 1. The molecule has 0 saturated carbocycles. The zero-order chi connectivity index (χ0) is 8.55. The molecule has 2 heterocycles. The van der Waals surface area contributed by atoms with Crippen LogP contribution in [0.3, 0.4) is 0 Å². The van der Waals surface area contributed by atoms with Gasteiger partial charge in [0.2, 0.25) is 5.91 Å². The lowest BCUT2D eigenvalue weighted by molar-refractivity contribution is -0.117. The van der Waals surface area contributed by atoms with E-state index >= 15 is 0 Å². The van der Waals surface area contributed by atoms with Crippen LogP contribution in [-0.2, 0) is 11.2 Å². The van der Waals surface area contributed by atoms with Crippen LogP contribution in [-0.4, -0.2) is 21.9 Å². The van der Waals surface area contributed by atoms with Gasteiger partial charge < -0.3 is 11.1 Å². The van der Waals surface area contributed by atoms with Crippen LogP contribution in [0.4, 0.5) is 5.82 Å². The summed E-state index contributed by atoms with van der Waals surface area (Å²) in [7, 11) is 0. The van der Waals surface area contributed by atoms with Crippen LogP contribution in [0.1, 0.15) is 5.56 Å². The summed E-state index contributed by atoms with van der Waals surface area (Å²) < 4.78 is 0. The molecule has 1 amide bonds. The Kier molecular flexibility index (Phi) is 4.76. The van der Waals surface area contributed by atoms with E-state index in [1.165, 1.54) is 6.33 Å². The fraction of sp³-hybridized carbons (Fsp3) is 0.286. The van der Waals surface area contributed by atoms with E-state index in [0.29, 0.717) is 12.2 Å². The monoisotopic (exact) mass is 236 g/mol. The lowest BCUT2D eigenvalue weighted by Crippen LogP contribution is -2.41. The van der Waals surface area contributed by atoms with Crippen molar-refractivity contribution in [1.82, 2.24) is 9.97 Å². The Labute approximate surface area is 93.3 Å². The van der Waals surface area contributed by atoms with Crippen LogP contribution >= 0.6 is 24.8 Å². The van der Waals surface area contributed by atoms with Crippen molar-refractivity contribution >= 4 is 36.5 Å². The minimum absolute atomic E-state index is 0. The summed E-state index contributed by atoms with van der Waals surface area (Å²) >= 11 is 0. The van der Waals surface area contributed by atoms with Crippen LogP contribution < -0.4 is 11.1 Å². The number of rotatable bonds is 0. The highest BCUT2D eigenvalue weighted by atomic mass is 35.5. The second-order valence-corrected chi connectivity index (χ2v) is 2.70. The smallest absolute Gasteiger partial charge is 0.242 e. The van der Waals surface area contributed by atoms with Gasteiger partial charge in [0, 0.05) is 18.2 Å². The molecule has 7 heteroatoms. The van der Waals surface area contributed by atoms with Crippen molar-refractivity contribution in [1.29, 1.82) is 0 Å². The Bertz CT molecular complexity index is 333. The lowest BCUT2D eigenvalue weighted by Gasteiger charge is -2.19. The van der Waals surface area contributed by atoms with Crippen molar-refractivity contribution in [2.75, 3.05) is 5.32 Å². The SMILES string of the molecule is Cl.Cl.NC1Cc2cncnc2NC1=O. The van der Waals surface area contributed by atoms with Crippen LogP contribution in [0.5, 0.6) is 0 Å². The first-order valence-electron chi connectivity index (χ1n) is 3.62. The average Bonchev–Trinajstić information content (AvgIpc) is 2.07. The van der Waals surface area contributed by atoms with Gasteiger partial charge in [-0.05, 0) is 0 Å². The molecule has 3 N–H and O–H groups in total. The molecule has 0 fully saturated rings. The molecule has 1 unspecified atom stereocenters. The third-order valence-corrected chi connectivity index (χ3v) is 1.81. The number of nitrogens with one attached hydrogen (secondary N) is 1. The molecule has 78 valence electrons. The quantitative estimate of drug-likeness (QED) is 0.672. The molecule has 0 aromatic carbocycles. The fourth-order valence-corrected chi connectivity index (χ4v) is 1.16. The van der Waals surface area contributed by atoms with E-state index in [1.807, 2.05) is 0 Å². The maximum Gasteiger partial charge on any atom is 0.242 e. The molecule has 5 nitrogen and oxygen atoms in total. The summed E-state index contributed by atoms with van der Waals surface area (Å²) in [5.74, 6) is 0.401. The minimum Gasteiger partial charge on any atom is -0.320 e. The van der Waals surface area contributed by atoms with Gasteiger partial charge in [0.15, 0.2) is 0 Å². The van der Waals surface area contributed by atoms with Gasteiger partial charge in [-0.1, -0.05) is 0 Å². The number of nitrogens with two attached hydrogens (primary N) is 1. The largest absolute Gasteiger partial charge is 0.320 e. The Hall–Kier alpha value is -0.910. The van der Waals surface area contributed by atoms with Crippen molar-refractivity contribution in [3.05, 3.63) is 18.1 Å². The molecule has 0 radical (unpaired) electrons. The number of amides is 1. The van der Waals surface area contributed by atoms with Gasteiger partial charge >= 0.3 is 0 Å². The summed E-state index contributed by atoms with van der Waals surface area (Å²) in [6.07, 6.45) is 3.58. The van der Waals surface area contributed by atoms with Gasteiger partial charge in [0.05, 0.1) is 6.04 Å². The van der Waals surface area contributed by atoms with E-state index in [4.69, 9.17) is 5.73 Å². The van der Waals surface area contributed by atoms with E-state index in [-0.39, 0.29) is 30.7 Å². The molecule has 0 aliphatic carbocycles. The number of nitrogens with zero attached hydrogens (tertiary/aromatic N) is 2. The number of aromatic nitrogens is 2. The molecule has 0 bridgehead atoms. The summed E-state index contributed by atoms with van der Waals surface area (Å²) in [5, 5.41) is 2.59. The normalized spacial score (nSPS) is 18.4. The molecular weight excluding hydrogens is 227 g/mol. The van der Waals surface area contributed by atoms with Crippen LogP contribution in [0.25, 0.3) is 0 Å². The maximum absolute atomic E-state index is 11.1. The van der Waals surface area contributed by atoms with Crippen molar-refractivity contribution < 1.29 is 4.79 Å². The predicted octanol–water partition coefficient (Wildman–Crippen LogP) is 0.142. The number of fused-ring (bicyclic) bond motifs is 1.